The van der Waals surface area contributed by atoms with E-state index in [2.05, 4.69) is 21.2 Å². The SMILES string of the molecule is COc1cc(C(=O)N2CCNC[C@@H]2C)cc(OC)c1Br.Cl. The molecule has 5 nitrogen and oxygen atoms in total. The number of ether oxygens (including phenoxy) is 2. The molecule has 21 heavy (non-hydrogen) atoms. The maximum absolute atomic E-state index is 12.6. The molecule has 1 aromatic carbocycles. The summed E-state index contributed by atoms with van der Waals surface area (Å²) in [6, 6.07) is 3.66. The molecule has 7 heteroatoms. The molecule has 2 rings (SSSR count). The Morgan fingerprint density at radius 3 is 2.38 bits per heavy atom. The van der Waals surface area contributed by atoms with Crippen LogP contribution in [0, 0.1) is 0 Å². The summed E-state index contributed by atoms with van der Waals surface area (Å²) >= 11 is 3.41. The van der Waals surface area contributed by atoms with Gasteiger partial charge in [-0.15, -0.1) is 12.4 Å². The molecule has 0 aliphatic carbocycles. The average Bonchev–Trinajstić information content (AvgIpc) is 2.47. The van der Waals surface area contributed by atoms with Crippen LogP contribution in [-0.4, -0.2) is 50.7 Å². The summed E-state index contributed by atoms with van der Waals surface area (Å²) in [6.45, 7) is 4.38. The topological polar surface area (TPSA) is 50.8 Å². The fourth-order valence-corrected chi connectivity index (χ4v) is 2.85. The van der Waals surface area contributed by atoms with Gasteiger partial charge >= 0.3 is 0 Å². The van der Waals surface area contributed by atoms with Crippen molar-refractivity contribution in [2.24, 2.45) is 0 Å². The summed E-state index contributed by atoms with van der Waals surface area (Å²) in [6.07, 6.45) is 0. The van der Waals surface area contributed by atoms with Gasteiger partial charge in [0.05, 0.1) is 14.2 Å². The second-order valence-electron chi connectivity index (χ2n) is 4.75. The highest BCUT2D eigenvalue weighted by Gasteiger charge is 2.25. The number of halogens is 2. The van der Waals surface area contributed by atoms with Gasteiger partial charge in [0.15, 0.2) is 0 Å². The van der Waals surface area contributed by atoms with Crippen LogP contribution >= 0.6 is 28.3 Å². The van der Waals surface area contributed by atoms with Gasteiger partial charge < -0.3 is 19.7 Å². The lowest BCUT2D eigenvalue weighted by molar-refractivity contribution is 0.0655. The van der Waals surface area contributed by atoms with Gasteiger partial charge in [0.25, 0.3) is 5.91 Å². The first kappa shape index (κ1) is 18.1. The summed E-state index contributed by atoms with van der Waals surface area (Å²) in [7, 11) is 3.14. The minimum absolute atomic E-state index is 0. The van der Waals surface area contributed by atoms with Crippen LogP contribution in [-0.2, 0) is 0 Å². The third-order valence-corrected chi connectivity index (χ3v) is 4.24. The molecule has 1 heterocycles. The Bertz CT molecular complexity index is 488. The van der Waals surface area contributed by atoms with Crippen LogP contribution in [0.15, 0.2) is 16.6 Å². The average molecular weight is 380 g/mol. The number of rotatable bonds is 3. The van der Waals surface area contributed by atoms with Crippen LogP contribution < -0.4 is 14.8 Å². The highest BCUT2D eigenvalue weighted by molar-refractivity contribution is 9.10. The zero-order valence-electron chi connectivity index (χ0n) is 12.3. The first-order valence-corrected chi connectivity index (χ1v) is 7.31. The Morgan fingerprint density at radius 2 is 1.90 bits per heavy atom. The summed E-state index contributed by atoms with van der Waals surface area (Å²) in [5, 5.41) is 3.27. The van der Waals surface area contributed by atoms with Gasteiger partial charge in [-0.2, -0.15) is 0 Å². The molecule has 0 bridgehead atoms. The van der Waals surface area contributed by atoms with Crippen molar-refractivity contribution in [2.75, 3.05) is 33.9 Å². The molecule has 0 saturated carbocycles. The van der Waals surface area contributed by atoms with E-state index in [-0.39, 0.29) is 24.4 Å². The van der Waals surface area contributed by atoms with Crippen molar-refractivity contribution in [3.05, 3.63) is 22.2 Å². The number of methoxy groups -OCH3 is 2. The summed E-state index contributed by atoms with van der Waals surface area (Å²) in [5.41, 5.74) is 0.579. The van der Waals surface area contributed by atoms with Crippen LogP contribution in [0.5, 0.6) is 11.5 Å². The fraction of sp³-hybridized carbons (Fsp3) is 0.500. The highest BCUT2D eigenvalue weighted by atomic mass is 79.9. The van der Waals surface area contributed by atoms with Gasteiger partial charge in [-0.05, 0) is 35.0 Å². The molecule has 1 fully saturated rings. The van der Waals surface area contributed by atoms with Crippen molar-refractivity contribution in [2.45, 2.75) is 13.0 Å². The normalized spacial score (nSPS) is 17.9. The van der Waals surface area contributed by atoms with Crippen molar-refractivity contribution in [1.82, 2.24) is 10.2 Å². The zero-order valence-corrected chi connectivity index (χ0v) is 14.7. The van der Waals surface area contributed by atoms with Gasteiger partial charge in [0, 0.05) is 31.2 Å². The molecule has 0 spiro atoms. The highest BCUT2D eigenvalue weighted by Crippen LogP contribution is 2.36. The quantitative estimate of drug-likeness (QED) is 0.876. The molecule has 0 aromatic heterocycles. The molecule has 0 unspecified atom stereocenters. The largest absolute Gasteiger partial charge is 0.495 e. The van der Waals surface area contributed by atoms with Gasteiger partial charge in [-0.1, -0.05) is 0 Å². The van der Waals surface area contributed by atoms with Crippen molar-refractivity contribution < 1.29 is 14.3 Å². The van der Waals surface area contributed by atoms with E-state index < -0.39 is 0 Å². The molecule has 1 atom stereocenters. The fourth-order valence-electron chi connectivity index (χ4n) is 2.30. The summed E-state index contributed by atoms with van der Waals surface area (Å²) in [5.74, 6) is 1.19. The summed E-state index contributed by atoms with van der Waals surface area (Å²) < 4.78 is 11.3. The molecule has 1 aliphatic heterocycles. The molecule has 1 aromatic rings. The Kier molecular flexibility index (Phi) is 6.77. The van der Waals surface area contributed by atoms with E-state index in [1.54, 1.807) is 26.4 Å². The van der Waals surface area contributed by atoms with E-state index in [4.69, 9.17) is 9.47 Å². The van der Waals surface area contributed by atoms with Crippen LogP contribution in [0.3, 0.4) is 0 Å². The van der Waals surface area contributed by atoms with Crippen LogP contribution in [0.4, 0.5) is 0 Å². The number of carbonyl (C=O) groups is 1. The molecular weight excluding hydrogens is 360 g/mol. The molecule has 1 aliphatic rings. The Labute approximate surface area is 139 Å². The smallest absolute Gasteiger partial charge is 0.254 e. The van der Waals surface area contributed by atoms with E-state index in [9.17, 15) is 4.79 Å². The lowest BCUT2D eigenvalue weighted by Crippen LogP contribution is -2.52. The Morgan fingerprint density at radius 1 is 1.33 bits per heavy atom. The molecule has 118 valence electrons. The second kappa shape index (κ2) is 7.87. The van der Waals surface area contributed by atoms with E-state index >= 15 is 0 Å². The number of benzene rings is 1. The maximum atomic E-state index is 12.6. The van der Waals surface area contributed by atoms with Gasteiger partial charge in [0.1, 0.15) is 16.0 Å². The zero-order chi connectivity index (χ0) is 14.7. The lowest BCUT2D eigenvalue weighted by atomic mass is 10.1. The molecule has 1 amide bonds. The molecule has 1 saturated heterocycles. The maximum Gasteiger partial charge on any atom is 0.254 e. The molecular formula is C14H20BrClN2O3. The first-order chi connectivity index (χ1) is 9.58. The number of nitrogens with zero attached hydrogens (tertiary/aromatic N) is 1. The van der Waals surface area contributed by atoms with E-state index in [1.165, 1.54) is 0 Å². The predicted octanol–water partition coefficient (Wildman–Crippen LogP) is 2.32. The van der Waals surface area contributed by atoms with Crippen LogP contribution in [0.25, 0.3) is 0 Å². The van der Waals surface area contributed by atoms with Crippen molar-refractivity contribution in [1.29, 1.82) is 0 Å². The minimum Gasteiger partial charge on any atom is -0.495 e. The molecule has 1 N–H and O–H groups in total. The van der Waals surface area contributed by atoms with Gasteiger partial charge in [-0.25, -0.2) is 0 Å². The third kappa shape index (κ3) is 3.81. The van der Waals surface area contributed by atoms with Crippen LogP contribution in [0.2, 0.25) is 0 Å². The number of hydrogen-bond acceptors (Lipinski definition) is 4. The van der Waals surface area contributed by atoms with Gasteiger partial charge in [-0.3, -0.25) is 4.79 Å². The van der Waals surface area contributed by atoms with Gasteiger partial charge in [0.2, 0.25) is 0 Å². The van der Waals surface area contributed by atoms with Crippen molar-refractivity contribution in [3.8, 4) is 11.5 Å². The standard InChI is InChI=1S/C14H19BrN2O3.ClH/c1-9-8-16-4-5-17(9)14(18)10-6-11(19-2)13(15)12(7-10)20-3;/h6-7,9,16H,4-5,8H2,1-3H3;1H/t9-;/m0./s1. The van der Waals surface area contributed by atoms with E-state index in [0.29, 0.717) is 28.1 Å². The van der Waals surface area contributed by atoms with Crippen molar-refractivity contribution >= 4 is 34.2 Å². The Hall–Kier alpha value is -0.980. The lowest BCUT2D eigenvalue weighted by Gasteiger charge is -2.34. The minimum atomic E-state index is 0. The van der Waals surface area contributed by atoms with Crippen LogP contribution in [0.1, 0.15) is 17.3 Å². The third-order valence-electron chi connectivity index (χ3n) is 3.45. The first-order valence-electron chi connectivity index (χ1n) is 6.51. The number of hydrogen-bond donors (Lipinski definition) is 1. The second-order valence-corrected chi connectivity index (χ2v) is 5.54. The number of nitrogens with one attached hydrogen (secondary N) is 1. The Balaban J connectivity index is 0.00000220. The predicted molar refractivity (Wildman–Crippen MR) is 87.9 cm³/mol. The number of carbonyl (C=O) groups excluding carboxylic acids is 1. The molecule has 0 radical (unpaired) electrons. The van der Waals surface area contributed by atoms with Crippen molar-refractivity contribution in [3.63, 3.8) is 0 Å². The number of amides is 1. The monoisotopic (exact) mass is 378 g/mol. The number of piperazine rings is 1. The van der Waals surface area contributed by atoms with E-state index in [0.717, 1.165) is 13.1 Å². The van der Waals surface area contributed by atoms with E-state index in [1.807, 2.05) is 11.8 Å². The summed E-state index contributed by atoms with van der Waals surface area (Å²) in [4.78, 5) is 14.5.